The molecule has 110 valence electrons. The van der Waals surface area contributed by atoms with Crippen LogP contribution in [0.3, 0.4) is 0 Å². The van der Waals surface area contributed by atoms with Gasteiger partial charge in [0.25, 0.3) is 0 Å². The van der Waals surface area contributed by atoms with Gasteiger partial charge >= 0.3 is 0 Å². The van der Waals surface area contributed by atoms with Crippen molar-refractivity contribution in [1.29, 1.82) is 0 Å². The third-order valence-corrected chi connectivity index (χ3v) is 3.23. The van der Waals surface area contributed by atoms with E-state index < -0.39 is 0 Å². The largest absolute Gasteiger partial charge is 0.368 e. The first-order valence-electron chi connectivity index (χ1n) is 6.49. The molecule has 1 amide bonds. The van der Waals surface area contributed by atoms with Crippen molar-refractivity contribution in [3.63, 3.8) is 0 Å². The van der Waals surface area contributed by atoms with Crippen molar-refractivity contribution < 1.29 is 4.79 Å². The summed E-state index contributed by atoms with van der Waals surface area (Å²) < 4.78 is 0. The Kier molecular flexibility index (Phi) is 4.18. The van der Waals surface area contributed by atoms with Crippen molar-refractivity contribution in [3.8, 4) is 0 Å². The Morgan fingerprint density at radius 3 is 2.70 bits per heavy atom. The summed E-state index contributed by atoms with van der Waals surface area (Å²) >= 11 is 0. The van der Waals surface area contributed by atoms with Gasteiger partial charge < -0.3 is 15.5 Å². The highest BCUT2D eigenvalue weighted by molar-refractivity contribution is 5.83. The van der Waals surface area contributed by atoms with E-state index in [1.54, 1.807) is 4.90 Å². The molecule has 9 nitrogen and oxygen atoms in total. The molecule has 1 aliphatic rings. The van der Waals surface area contributed by atoms with Crippen molar-refractivity contribution in [2.75, 3.05) is 35.9 Å². The Balaban J connectivity index is 2.38. The predicted molar refractivity (Wildman–Crippen MR) is 76.1 cm³/mol. The van der Waals surface area contributed by atoms with Crippen LogP contribution in [-0.2, 0) is 4.79 Å². The molecule has 0 bridgehead atoms. The summed E-state index contributed by atoms with van der Waals surface area (Å²) in [5, 5.41) is 0. The number of amides is 1. The number of hydrogen-bond donors (Lipinski definition) is 3. The topological polar surface area (TPSA) is 126 Å². The molecule has 1 saturated heterocycles. The number of aromatic nitrogens is 3. The van der Waals surface area contributed by atoms with Gasteiger partial charge in [0, 0.05) is 20.6 Å². The number of nitrogen functional groups attached to an aromatic ring is 1. The summed E-state index contributed by atoms with van der Waals surface area (Å²) in [5.74, 6) is 6.16. The number of nitrogens with zero attached hydrogens (tertiary/aromatic N) is 5. The third kappa shape index (κ3) is 2.87. The average Bonchev–Trinajstić information content (AvgIpc) is 2.46. The zero-order valence-corrected chi connectivity index (χ0v) is 11.7. The number of anilines is 3. The van der Waals surface area contributed by atoms with Gasteiger partial charge in [-0.3, -0.25) is 10.2 Å². The number of carbonyl (C=O) groups is 1. The minimum absolute atomic E-state index is 0.257. The summed E-state index contributed by atoms with van der Waals surface area (Å²) in [4.78, 5) is 27.9. The third-order valence-electron chi connectivity index (χ3n) is 3.23. The van der Waals surface area contributed by atoms with Gasteiger partial charge in [-0.05, 0) is 19.3 Å². The summed E-state index contributed by atoms with van der Waals surface area (Å²) in [7, 11) is 3.64. The van der Waals surface area contributed by atoms with E-state index >= 15 is 0 Å². The summed E-state index contributed by atoms with van der Waals surface area (Å²) in [6.45, 7) is 0.689. The Hall–Kier alpha value is -2.16. The smallest absolute Gasteiger partial charge is 0.243 e. The lowest BCUT2D eigenvalue weighted by atomic mass is 10.0. The van der Waals surface area contributed by atoms with Gasteiger partial charge in [-0.1, -0.05) is 0 Å². The van der Waals surface area contributed by atoms with E-state index in [0.29, 0.717) is 24.9 Å². The molecule has 0 spiro atoms. The molecule has 0 radical (unpaired) electrons. The number of carbonyl (C=O) groups excluding carboxylic acids is 1. The second-order valence-electron chi connectivity index (χ2n) is 4.91. The quantitative estimate of drug-likeness (QED) is 0.477. The standard InChI is InChI=1S/C11H20N8O/c1-18(2)10-14-9(17-13)15-11(16-10)19-6-4-3-5-7(19)8(12)20/h7H,3-6,13H2,1-2H3,(H2,12,20)(H,14,15,16,17). The van der Waals surface area contributed by atoms with E-state index in [1.165, 1.54) is 0 Å². The van der Waals surface area contributed by atoms with Gasteiger partial charge in [-0.25, -0.2) is 5.84 Å². The van der Waals surface area contributed by atoms with E-state index in [-0.39, 0.29) is 17.9 Å². The molecule has 2 rings (SSSR count). The molecule has 2 heterocycles. The van der Waals surface area contributed by atoms with Crippen LogP contribution in [0, 0.1) is 0 Å². The number of nitrogens with two attached hydrogens (primary N) is 2. The van der Waals surface area contributed by atoms with Crippen molar-refractivity contribution >= 4 is 23.8 Å². The van der Waals surface area contributed by atoms with E-state index in [2.05, 4.69) is 20.4 Å². The van der Waals surface area contributed by atoms with Crippen LogP contribution in [0.15, 0.2) is 0 Å². The maximum Gasteiger partial charge on any atom is 0.243 e. The fourth-order valence-electron chi connectivity index (χ4n) is 2.21. The second kappa shape index (κ2) is 5.87. The monoisotopic (exact) mass is 280 g/mol. The number of nitrogens with one attached hydrogen (secondary N) is 1. The molecule has 1 unspecified atom stereocenters. The molecule has 0 saturated carbocycles. The molecular formula is C11H20N8O. The van der Waals surface area contributed by atoms with Crippen molar-refractivity contribution in [2.45, 2.75) is 25.3 Å². The van der Waals surface area contributed by atoms with Crippen LogP contribution in [0.1, 0.15) is 19.3 Å². The number of primary amides is 1. The summed E-state index contributed by atoms with van der Waals surface area (Å²) in [6.07, 6.45) is 2.65. The predicted octanol–water partition coefficient (Wildman–Crippen LogP) is -0.933. The van der Waals surface area contributed by atoms with Crippen molar-refractivity contribution in [1.82, 2.24) is 15.0 Å². The molecule has 0 aromatic carbocycles. The molecule has 1 aromatic rings. The number of hydrogen-bond acceptors (Lipinski definition) is 8. The van der Waals surface area contributed by atoms with E-state index in [0.717, 1.165) is 12.8 Å². The lowest BCUT2D eigenvalue weighted by Gasteiger charge is -2.33. The SMILES string of the molecule is CN(C)c1nc(NN)nc(N2CCCCC2C(N)=O)n1. The Labute approximate surface area is 117 Å². The Morgan fingerprint density at radius 1 is 1.35 bits per heavy atom. The number of hydrazine groups is 1. The zero-order chi connectivity index (χ0) is 14.7. The Morgan fingerprint density at radius 2 is 2.10 bits per heavy atom. The van der Waals surface area contributed by atoms with E-state index in [9.17, 15) is 4.79 Å². The van der Waals surface area contributed by atoms with Crippen LogP contribution in [0.25, 0.3) is 0 Å². The highest BCUT2D eigenvalue weighted by Crippen LogP contribution is 2.23. The molecule has 0 aliphatic carbocycles. The second-order valence-corrected chi connectivity index (χ2v) is 4.91. The minimum Gasteiger partial charge on any atom is -0.368 e. The van der Waals surface area contributed by atoms with Gasteiger partial charge in [0.05, 0.1) is 0 Å². The van der Waals surface area contributed by atoms with Gasteiger partial charge in [0.15, 0.2) is 0 Å². The number of rotatable bonds is 4. The van der Waals surface area contributed by atoms with Crippen LogP contribution in [-0.4, -0.2) is 47.5 Å². The fourth-order valence-corrected chi connectivity index (χ4v) is 2.21. The molecule has 5 N–H and O–H groups in total. The molecule has 1 atom stereocenters. The molecular weight excluding hydrogens is 260 g/mol. The van der Waals surface area contributed by atoms with Crippen molar-refractivity contribution in [3.05, 3.63) is 0 Å². The van der Waals surface area contributed by atoms with Crippen LogP contribution in [0.2, 0.25) is 0 Å². The van der Waals surface area contributed by atoms with Crippen LogP contribution in [0.5, 0.6) is 0 Å². The highest BCUT2D eigenvalue weighted by atomic mass is 16.1. The van der Waals surface area contributed by atoms with Gasteiger partial charge in [-0.2, -0.15) is 15.0 Å². The molecule has 1 aromatic heterocycles. The molecule has 1 aliphatic heterocycles. The zero-order valence-electron chi connectivity index (χ0n) is 11.7. The van der Waals surface area contributed by atoms with Gasteiger partial charge in [0.1, 0.15) is 6.04 Å². The minimum atomic E-state index is -0.383. The Bertz CT molecular complexity index is 491. The maximum atomic E-state index is 11.6. The summed E-state index contributed by atoms with van der Waals surface area (Å²) in [5.41, 5.74) is 7.87. The first kappa shape index (κ1) is 14.3. The first-order valence-corrected chi connectivity index (χ1v) is 6.49. The highest BCUT2D eigenvalue weighted by Gasteiger charge is 2.29. The van der Waals surface area contributed by atoms with E-state index in [4.69, 9.17) is 11.6 Å². The van der Waals surface area contributed by atoms with E-state index in [1.807, 2.05) is 19.0 Å². The van der Waals surface area contributed by atoms with Gasteiger partial charge in [0.2, 0.25) is 23.8 Å². The maximum absolute atomic E-state index is 11.6. The molecule has 9 heteroatoms. The van der Waals surface area contributed by atoms with Crippen LogP contribution >= 0.6 is 0 Å². The van der Waals surface area contributed by atoms with Crippen LogP contribution < -0.4 is 26.8 Å². The number of piperidine rings is 1. The summed E-state index contributed by atoms with van der Waals surface area (Å²) in [6, 6.07) is -0.383. The van der Waals surface area contributed by atoms with Crippen LogP contribution in [0.4, 0.5) is 17.8 Å². The van der Waals surface area contributed by atoms with Gasteiger partial charge in [-0.15, -0.1) is 0 Å². The molecule has 20 heavy (non-hydrogen) atoms. The lowest BCUT2D eigenvalue weighted by molar-refractivity contribution is -0.119. The van der Waals surface area contributed by atoms with Crippen molar-refractivity contribution in [2.24, 2.45) is 11.6 Å². The fraction of sp³-hybridized carbons (Fsp3) is 0.636. The lowest BCUT2D eigenvalue weighted by Crippen LogP contribution is -2.48. The first-order chi connectivity index (χ1) is 9.52. The molecule has 1 fully saturated rings. The average molecular weight is 280 g/mol. The normalized spacial score (nSPS) is 18.8.